The van der Waals surface area contributed by atoms with Crippen LogP contribution in [0.25, 0.3) is 11.4 Å². The van der Waals surface area contributed by atoms with Gasteiger partial charge < -0.3 is 9.84 Å². The van der Waals surface area contributed by atoms with Gasteiger partial charge in [0.2, 0.25) is 17.6 Å². The third-order valence-corrected chi connectivity index (χ3v) is 3.94. The zero-order chi connectivity index (χ0) is 17.6. The van der Waals surface area contributed by atoms with E-state index in [1.165, 1.54) is 0 Å². The van der Waals surface area contributed by atoms with Crippen LogP contribution >= 0.6 is 11.6 Å². The topological polar surface area (TPSA) is 68.0 Å². The van der Waals surface area contributed by atoms with Crippen LogP contribution in [0.5, 0.6) is 0 Å². The molecule has 25 heavy (non-hydrogen) atoms. The molecule has 1 amide bonds. The van der Waals surface area contributed by atoms with E-state index in [1.807, 2.05) is 43.3 Å². The van der Waals surface area contributed by atoms with E-state index in [9.17, 15) is 4.79 Å². The van der Waals surface area contributed by atoms with Crippen molar-refractivity contribution in [3.05, 3.63) is 70.6 Å². The van der Waals surface area contributed by atoms with Crippen molar-refractivity contribution < 1.29 is 9.32 Å². The Bertz CT molecular complexity index is 859. The Hall–Kier alpha value is -2.66. The van der Waals surface area contributed by atoms with E-state index < -0.39 is 0 Å². The first-order chi connectivity index (χ1) is 12.1. The summed E-state index contributed by atoms with van der Waals surface area (Å²) in [5.74, 6) is 1.01. The Morgan fingerprint density at radius 1 is 1.20 bits per heavy atom. The number of carbonyl (C=O) groups is 1. The molecule has 1 N–H and O–H groups in total. The van der Waals surface area contributed by atoms with Crippen molar-refractivity contribution >= 4 is 17.5 Å². The van der Waals surface area contributed by atoms with Gasteiger partial charge in [0.05, 0.1) is 6.42 Å². The molecule has 0 fully saturated rings. The molecule has 0 bridgehead atoms. The zero-order valence-electron chi connectivity index (χ0n) is 13.8. The number of carbonyl (C=O) groups excluding carboxylic acids is 1. The average Bonchev–Trinajstić information content (AvgIpc) is 3.06. The summed E-state index contributed by atoms with van der Waals surface area (Å²) in [5.41, 5.74) is 2.97. The molecule has 3 aromatic rings. The minimum Gasteiger partial charge on any atom is -0.355 e. The van der Waals surface area contributed by atoms with Crippen molar-refractivity contribution in [2.75, 3.05) is 6.54 Å². The molecular weight excluding hydrogens is 338 g/mol. The number of hydrogen-bond acceptors (Lipinski definition) is 4. The third kappa shape index (κ3) is 4.90. The smallest absolute Gasteiger partial charge is 0.228 e. The van der Waals surface area contributed by atoms with Crippen LogP contribution in [0.3, 0.4) is 0 Å². The largest absolute Gasteiger partial charge is 0.355 e. The van der Waals surface area contributed by atoms with Crippen molar-refractivity contribution in [3.63, 3.8) is 0 Å². The number of halogens is 1. The normalized spacial score (nSPS) is 10.6. The molecule has 128 valence electrons. The number of nitrogens with zero attached hydrogens (tertiary/aromatic N) is 2. The average molecular weight is 356 g/mol. The highest BCUT2D eigenvalue weighted by atomic mass is 35.5. The number of benzene rings is 2. The van der Waals surface area contributed by atoms with E-state index in [2.05, 4.69) is 15.5 Å². The number of amides is 1. The van der Waals surface area contributed by atoms with Crippen molar-refractivity contribution in [1.29, 1.82) is 0 Å². The fourth-order valence-corrected chi connectivity index (χ4v) is 2.54. The molecule has 0 radical (unpaired) electrons. The van der Waals surface area contributed by atoms with E-state index in [1.54, 1.807) is 12.1 Å². The molecule has 1 heterocycles. The van der Waals surface area contributed by atoms with Crippen LogP contribution in [0.4, 0.5) is 0 Å². The van der Waals surface area contributed by atoms with Gasteiger partial charge in [-0.1, -0.05) is 52.7 Å². The molecule has 3 rings (SSSR count). The molecule has 0 aliphatic heterocycles. The van der Waals surface area contributed by atoms with Gasteiger partial charge >= 0.3 is 0 Å². The zero-order valence-corrected chi connectivity index (χ0v) is 14.6. The van der Waals surface area contributed by atoms with Gasteiger partial charge in [0.1, 0.15) is 0 Å². The van der Waals surface area contributed by atoms with Crippen LogP contribution < -0.4 is 5.32 Å². The molecule has 0 unspecified atom stereocenters. The van der Waals surface area contributed by atoms with E-state index >= 15 is 0 Å². The van der Waals surface area contributed by atoms with E-state index in [-0.39, 0.29) is 5.91 Å². The molecule has 0 spiro atoms. The molecule has 0 aliphatic rings. The predicted octanol–water partition coefficient (Wildman–Crippen LogP) is 3.60. The first-order valence-corrected chi connectivity index (χ1v) is 8.39. The lowest BCUT2D eigenvalue weighted by Crippen LogP contribution is -2.27. The molecular formula is C19H18ClN3O2. The second kappa shape index (κ2) is 7.94. The Kier molecular flexibility index (Phi) is 5.46. The second-order valence-electron chi connectivity index (χ2n) is 5.78. The summed E-state index contributed by atoms with van der Waals surface area (Å²) in [6.07, 6.45) is 0.806. The lowest BCUT2D eigenvalue weighted by atomic mass is 10.1. The minimum absolute atomic E-state index is 0.0549. The van der Waals surface area contributed by atoms with Gasteiger partial charge in [0.25, 0.3) is 0 Å². The molecule has 0 atom stereocenters. The van der Waals surface area contributed by atoms with Gasteiger partial charge in [0.15, 0.2) is 0 Å². The van der Waals surface area contributed by atoms with Crippen LogP contribution in [0.15, 0.2) is 53.1 Å². The maximum atomic E-state index is 11.9. The Morgan fingerprint density at radius 3 is 2.76 bits per heavy atom. The first kappa shape index (κ1) is 17.2. The van der Waals surface area contributed by atoms with Crippen LogP contribution in [-0.2, 0) is 17.6 Å². The predicted molar refractivity (Wildman–Crippen MR) is 96.3 cm³/mol. The van der Waals surface area contributed by atoms with Gasteiger partial charge in [-0.3, -0.25) is 4.79 Å². The lowest BCUT2D eigenvalue weighted by molar-refractivity contribution is -0.120. The molecule has 5 nitrogen and oxygen atoms in total. The maximum absolute atomic E-state index is 11.9. The van der Waals surface area contributed by atoms with Gasteiger partial charge in [-0.05, 0) is 30.7 Å². The molecule has 0 saturated carbocycles. The lowest BCUT2D eigenvalue weighted by Gasteiger charge is -2.03. The monoisotopic (exact) mass is 355 g/mol. The fraction of sp³-hybridized carbons (Fsp3) is 0.211. The van der Waals surface area contributed by atoms with Gasteiger partial charge in [-0.2, -0.15) is 4.98 Å². The highest BCUT2D eigenvalue weighted by Gasteiger charge is 2.09. The summed E-state index contributed by atoms with van der Waals surface area (Å²) >= 11 is 5.83. The fourth-order valence-electron chi connectivity index (χ4n) is 2.42. The molecule has 0 saturated heterocycles. The molecule has 2 aromatic carbocycles. The van der Waals surface area contributed by atoms with Gasteiger partial charge in [-0.15, -0.1) is 0 Å². The Balaban J connectivity index is 1.49. The van der Waals surface area contributed by atoms with Crippen LogP contribution in [0, 0.1) is 6.92 Å². The number of aryl methyl sites for hydroxylation is 1. The third-order valence-electron chi connectivity index (χ3n) is 3.68. The van der Waals surface area contributed by atoms with Crippen LogP contribution in [-0.4, -0.2) is 22.6 Å². The van der Waals surface area contributed by atoms with Crippen molar-refractivity contribution in [1.82, 2.24) is 15.5 Å². The summed E-state index contributed by atoms with van der Waals surface area (Å²) < 4.78 is 5.25. The molecule has 0 aliphatic carbocycles. The van der Waals surface area contributed by atoms with E-state index in [0.717, 1.165) is 16.7 Å². The second-order valence-corrected chi connectivity index (χ2v) is 6.22. The number of aromatic nitrogens is 2. The highest BCUT2D eigenvalue weighted by Crippen LogP contribution is 2.17. The summed E-state index contributed by atoms with van der Waals surface area (Å²) in [4.78, 5) is 16.3. The Morgan fingerprint density at radius 2 is 2.00 bits per heavy atom. The van der Waals surface area contributed by atoms with Crippen molar-refractivity contribution in [2.24, 2.45) is 0 Å². The summed E-state index contributed by atoms with van der Waals surface area (Å²) in [5, 5.41) is 7.50. The van der Waals surface area contributed by atoms with E-state index in [4.69, 9.17) is 16.1 Å². The standard InChI is InChI=1S/C19H18ClN3O2/c1-13-3-2-4-15(11-13)19-22-18(25-23-19)9-10-21-17(24)12-14-5-7-16(20)8-6-14/h2-8,11H,9-10,12H2,1H3,(H,21,24). The van der Waals surface area contributed by atoms with E-state index in [0.29, 0.717) is 36.1 Å². The van der Waals surface area contributed by atoms with Crippen LogP contribution in [0.1, 0.15) is 17.0 Å². The molecule has 1 aromatic heterocycles. The van der Waals surface area contributed by atoms with Crippen molar-refractivity contribution in [3.8, 4) is 11.4 Å². The SMILES string of the molecule is Cc1cccc(-c2noc(CCNC(=O)Cc3ccc(Cl)cc3)n2)c1. The van der Waals surface area contributed by atoms with Crippen molar-refractivity contribution in [2.45, 2.75) is 19.8 Å². The number of rotatable bonds is 6. The van der Waals surface area contributed by atoms with Crippen LogP contribution in [0.2, 0.25) is 5.02 Å². The number of hydrogen-bond donors (Lipinski definition) is 1. The summed E-state index contributed by atoms with van der Waals surface area (Å²) in [6.45, 7) is 2.46. The van der Waals surface area contributed by atoms with Gasteiger partial charge in [-0.25, -0.2) is 0 Å². The maximum Gasteiger partial charge on any atom is 0.228 e. The molecule has 6 heteroatoms. The Labute approximate surface area is 151 Å². The summed E-state index contributed by atoms with van der Waals surface area (Å²) in [6, 6.07) is 15.1. The first-order valence-electron chi connectivity index (χ1n) is 8.01. The highest BCUT2D eigenvalue weighted by molar-refractivity contribution is 6.30. The minimum atomic E-state index is -0.0549. The number of nitrogens with one attached hydrogen (secondary N) is 1. The van der Waals surface area contributed by atoms with Gasteiger partial charge in [0, 0.05) is 23.6 Å². The quantitative estimate of drug-likeness (QED) is 0.733. The summed E-state index contributed by atoms with van der Waals surface area (Å²) in [7, 11) is 0.